The molecule has 0 aromatic carbocycles. The first kappa shape index (κ1) is 17.2. The zero-order valence-corrected chi connectivity index (χ0v) is 13.6. The molecule has 0 atom stereocenters. The maximum atomic E-state index is 11.2. The molecule has 5 nitrogen and oxygen atoms in total. The zero-order chi connectivity index (χ0) is 13.7. The van der Waals surface area contributed by atoms with Gasteiger partial charge in [-0.3, -0.25) is 4.98 Å². The Bertz CT molecular complexity index is 643. The molecule has 0 unspecified atom stereocenters. The quantitative estimate of drug-likeness (QED) is 0.762. The van der Waals surface area contributed by atoms with E-state index >= 15 is 0 Å². The SMILES string of the molecule is CCS(=O)(=O)NCCCNc1ccnc2ccsc12.Cl. The molecule has 2 aromatic rings. The van der Waals surface area contributed by atoms with Crippen LogP contribution in [-0.2, 0) is 10.0 Å². The van der Waals surface area contributed by atoms with E-state index in [1.54, 1.807) is 24.5 Å². The van der Waals surface area contributed by atoms with Gasteiger partial charge in [0.15, 0.2) is 0 Å². The van der Waals surface area contributed by atoms with Gasteiger partial charge in [0.25, 0.3) is 0 Å². The number of nitrogens with one attached hydrogen (secondary N) is 2. The monoisotopic (exact) mass is 335 g/mol. The Balaban J connectivity index is 0.00000200. The van der Waals surface area contributed by atoms with Crippen LogP contribution in [0.3, 0.4) is 0 Å². The Morgan fingerprint density at radius 3 is 2.85 bits per heavy atom. The summed E-state index contributed by atoms with van der Waals surface area (Å²) in [5.74, 6) is 0.126. The van der Waals surface area contributed by atoms with Gasteiger partial charge in [0.1, 0.15) is 0 Å². The van der Waals surface area contributed by atoms with E-state index in [2.05, 4.69) is 15.0 Å². The summed E-state index contributed by atoms with van der Waals surface area (Å²) in [5.41, 5.74) is 2.04. The van der Waals surface area contributed by atoms with Crippen LogP contribution in [0.15, 0.2) is 23.7 Å². The zero-order valence-electron chi connectivity index (χ0n) is 11.1. The topological polar surface area (TPSA) is 71.1 Å². The molecule has 0 saturated carbocycles. The molecule has 8 heteroatoms. The molecule has 0 aliphatic carbocycles. The van der Waals surface area contributed by atoms with E-state index in [9.17, 15) is 8.42 Å². The van der Waals surface area contributed by atoms with E-state index in [0.717, 1.165) is 28.9 Å². The van der Waals surface area contributed by atoms with Crippen LogP contribution < -0.4 is 10.0 Å². The van der Waals surface area contributed by atoms with Gasteiger partial charge in [-0.15, -0.1) is 23.7 Å². The standard InChI is InChI=1S/C12H17N3O2S2.ClH/c1-2-19(16,17)15-7-3-6-13-10-4-8-14-11-5-9-18-12(10)11;/h4-5,8-9,15H,2-3,6-7H2,1H3,(H,13,14);1H. The largest absolute Gasteiger partial charge is 0.384 e. The van der Waals surface area contributed by atoms with E-state index in [1.807, 2.05) is 17.5 Å². The Kier molecular flexibility index (Phi) is 6.67. The van der Waals surface area contributed by atoms with Crippen LogP contribution in [0.5, 0.6) is 0 Å². The maximum Gasteiger partial charge on any atom is 0.211 e. The number of nitrogens with zero attached hydrogens (tertiary/aromatic N) is 1. The van der Waals surface area contributed by atoms with Crippen LogP contribution in [0.1, 0.15) is 13.3 Å². The Morgan fingerprint density at radius 1 is 1.30 bits per heavy atom. The molecule has 0 amide bonds. The lowest BCUT2D eigenvalue weighted by Gasteiger charge is -2.08. The number of anilines is 1. The first-order valence-corrected chi connectivity index (χ1v) is 8.69. The fraction of sp³-hybridized carbons (Fsp3) is 0.417. The molecular formula is C12H18ClN3O2S2. The van der Waals surface area contributed by atoms with Gasteiger partial charge >= 0.3 is 0 Å². The van der Waals surface area contributed by atoms with Crippen molar-refractivity contribution in [3.05, 3.63) is 23.7 Å². The first-order valence-electron chi connectivity index (χ1n) is 6.16. The highest BCUT2D eigenvalue weighted by molar-refractivity contribution is 7.89. The molecule has 112 valence electrons. The number of hydrogen-bond donors (Lipinski definition) is 2. The second-order valence-electron chi connectivity index (χ2n) is 4.07. The Morgan fingerprint density at radius 2 is 2.10 bits per heavy atom. The molecule has 2 aromatic heterocycles. The number of aromatic nitrogens is 1. The molecule has 0 aliphatic heterocycles. The fourth-order valence-electron chi connectivity index (χ4n) is 1.65. The van der Waals surface area contributed by atoms with Crippen molar-refractivity contribution in [1.82, 2.24) is 9.71 Å². The highest BCUT2D eigenvalue weighted by Crippen LogP contribution is 2.26. The number of fused-ring (bicyclic) bond motifs is 1. The van der Waals surface area contributed by atoms with E-state index in [0.29, 0.717) is 6.54 Å². The number of pyridine rings is 1. The minimum atomic E-state index is -3.08. The maximum absolute atomic E-state index is 11.2. The summed E-state index contributed by atoms with van der Waals surface area (Å²) < 4.78 is 26.2. The first-order chi connectivity index (χ1) is 9.12. The summed E-state index contributed by atoms with van der Waals surface area (Å²) >= 11 is 1.65. The molecule has 2 heterocycles. The molecule has 20 heavy (non-hydrogen) atoms. The molecule has 0 saturated heterocycles. The van der Waals surface area contributed by atoms with Crippen molar-refractivity contribution in [3.63, 3.8) is 0 Å². The minimum absolute atomic E-state index is 0. The molecule has 0 fully saturated rings. The average molecular weight is 336 g/mol. The third-order valence-corrected chi connectivity index (χ3v) is 5.06. The van der Waals surface area contributed by atoms with Crippen molar-refractivity contribution in [2.24, 2.45) is 0 Å². The predicted molar refractivity (Wildman–Crippen MR) is 87.4 cm³/mol. The van der Waals surface area contributed by atoms with Crippen molar-refractivity contribution in [2.75, 3.05) is 24.2 Å². The van der Waals surface area contributed by atoms with Crippen LogP contribution in [0.25, 0.3) is 10.2 Å². The number of halogens is 1. The highest BCUT2D eigenvalue weighted by atomic mass is 35.5. The predicted octanol–water partition coefficient (Wildman–Crippen LogP) is 2.46. The van der Waals surface area contributed by atoms with Crippen LogP contribution in [0, 0.1) is 0 Å². The van der Waals surface area contributed by atoms with Crippen molar-refractivity contribution < 1.29 is 8.42 Å². The number of thiophene rings is 1. The van der Waals surface area contributed by atoms with Crippen molar-refractivity contribution in [1.29, 1.82) is 0 Å². The molecular weight excluding hydrogens is 318 g/mol. The van der Waals surface area contributed by atoms with Gasteiger partial charge in [0, 0.05) is 19.3 Å². The van der Waals surface area contributed by atoms with Gasteiger partial charge in [0.05, 0.1) is 21.7 Å². The lowest BCUT2D eigenvalue weighted by molar-refractivity contribution is 0.581. The lowest BCUT2D eigenvalue weighted by atomic mass is 10.3. The van der Waals surface area contributed by atoms with Gasteiger partial charge in [-0.05, 0) is 30.9 Å². The van der Waals surface area contributed by atoms with E-state index in [4.69, 9.17) is 0 Å². The summed E-state index contributed by atoms with van der Waals surface area (Å²) in [6.07, 6.45) is 2.52. The van der Waals surface area contributed by atoms with Crippen molar-refractivity contribution in [2.45, 2.75) is 13.3 Å². The van der Waals surface area contributed by atoms with Crippen LogP contribution in [0.2, 0.25) is 0 Å². The average Bonchev–Trinajstić information content (AvgIpc) is 2.87. The summed E-state index contributed by atoms with van der Waals surface area (Å²) in [6.45, 7) is 2.82. The van der Waals surface area contributed by atoms with Gasteiger partial charge in [-0.2, -0.15) is 0 Å². The van der Waals surface area contributed by atoms with E-state index in [-0.39, 0.29) is 18.2 Å². The summed E-state index contributed by atoms with van der Waals surface area (Å²) in [6, 6.07) is 3.93. The van der Waals surface area contributed by atoms with Crippen molar-refractivity contribution >= 4 is 49.7 Å². The molecule has 0 bridgehead atoms. The van der Waals surface area contributed by atoms with E-state index in [1.165, 1.54) is 0 Å². The van der Waals surface area contributed by atoms with Crippen LogP contribution in [0.4, 0.5) is 5.69 Å². The summed E-state index contributed by atoms with van der Waals surface area (Å²) in [4.78, 5) is 4.27. The lowest BCUT2D eigenvalue weighted by Crippen LogP contribution is -2.27. The number of hydrogen-bond acceptors (Lipinski definition) is 5. The van der Waals surface area contributed by atoms with Gasteiger partial charge in [-0.1, -0.05) is 0 Å². The van der Waals surface area contributed by atoms with Gasteiger partial charge in [-0.25, -0.2) is 13.1 Å². The summed E-state index contributed by atoms with van der Waals surface area (Å²) in [7, 11) is -3.08. The second kappa shape index (κ2) is 7.78. The Labute approximate surface area is 129 Å². The summed E-state index contributed by atoms with van der Waals surface area (Å²) in [5, 5.41) is 5.33. The third-order valence-electron chi connectivity index (χ3n) is 2.71. The second-order valence-corrected chi connectivity index (χ2v) is 7.08. The normalized spacial score (nSPS) is 11.2. The highest BCUT2D eigenvalue weighted by Gasteiger charge is 2.05. The van der Waals surface area contributed by atoms with Gasteiger partial charge < -0.3 is 5.32 Å². The smallest absolute Gasteiger partial charge is 0.211 e. The Hall–Kier alpha value is -0.890. The molecule has 0 spiro atoms. The number of rotatable bonds is 7. The van der Waals surface area contributed by atoms with Crippen LogP contribution >= 0.6 is 23.7 Å². The molecule has 0 radical (unpaired) electrons. The minimum Gasteiger partial charge on any atom is -0.384 e. The molecule has 2 rings (SSSR count). The van der Waals surface area contributed by atoms with Crippen LogP contribution in [-0.4, -0.2) is 32.2 Å². The number of sulfonamides is 1. The molecule has 2 N–H and O–H groups in total. The fourth-order valence-corrected chi connectivity index (χ4v) is 3.16. The molecule has 0 aliphatic rings. The van der Waals surface area contributed by atoms with Crippen molar-refractivity contribution in [3.8, 4) is 0 Å². The van der Waals surface area contributed by atoms with Gasteiger partial charge in [0.2, 0.25) is 10.0 Å². The van der Waals surface area contributed by atoms with E-state index < -0.39 is 10.0 Å². The third kappa shape index (κ3) is 4.59.